The molecule has 1 aromatic carbocycles. The summed E-state index contributed by atoms with van der Waals surface area (Å²) >= 11 is 0. The third-order valence-electron chi connectivity index (χ3n) is 5.42. The third-order valence-corrected chi connectivity index (χ3v) is 5.42. The van der Waals surface area contributed by atoms with Gasteiger partial charge in [-0.05, 0) is 37.0 Å². The van der Waals surface area contributed by atoms with Crippen LogP contribution < -0.4 is 10.9 Å². The van der Waals surface area contributed by atoms with E-state index in [1.165, 1.54) is 36.1 Å². The van der Waals surface area contributed by atoms with E-state index >= 15 is 0 Å². The molecule has 7 nitrogen and oxygen atoms in total. The molecule has 1 unspecified atom stereocenters. The van der Waals surface area contributed by atoms with Gasteiger partial charge in [-0.2, -0.15) is 9.78 Å². The fourth-order valence-electron chi connectivity index (χ4n) is 3.92. The maximum atomic E-state index is 12.8. The first kappa shape index (κ1) is 20.8. The number of carboxylic acid groups (broad SMARTS) is 1. The second-order valence-corrected chi connectivity index (χ2v) is 7.65. The Kier molecular flexibility index (Phi) is 7.16. The highest BCUT2D eigenvalue weighted by Gasteiger charge is 2.22. The Labute approximate surface area is 169 Å². The molecule has 154 valence electrons. The van der Waals surface area contributed by atoms with Crippen molar-refractivity contribution in [3.05, 3.63) is 58.5 Å². The van der Waals surface area contributed by atoms with E-state index in [4.69, 9.17) is 5.11 Å². The van der Waals surface area contributed by atoms with Crippen LogP contribution in [-0.2, 0) is 4.79 Å². The Morgan fingerprint density at radius 1 is 1.10 bits per heavy atom. The SMILES string of the molecule is O=C(O)CCC(CC1CCCCC1)NC(=O)c1ccc(=O)n(-c2ccccc2)n1. The number of hydrogen-bond donors (Lipinski definition) is 2. The number of aliphatic carboxylic acids is 1. The first-order valence-electron chi connectivity index (χ1n) is 10.2. The maximum Gasteiger partial charge on any atom is 0.303 e. The van der Waals surface area contributed by atoms with Crippen LogP contribution >= 0.6 is 0 Å². The maximum absolute atomic E-state index is 12.8. The minimum atomic E-state index is -0.872. The average Bonchev–Trinajstić information content (AvgIpc) is 2.73. The lowest BCUT2D eigenvalue weighted by molar-refractivity contribution is -0.137. The molecule has 1 fully saturated rings. The molecule has 2 N–H and O–H groups in total. The first-order valence-corrected chi connectivity index (χ1v) is 10.2. The highest BCUT2D eigenvalue weighted by atomic mass is 16.4. The normalized spacial score (nSPS) is 15.6. The van der Waals surface area contributed by atoms with Crippen molar-refractivity contribution in [3.63, 3.8) is 0 Å². The van der Waals surface area contributed by atoms with Gasteiger partial charge in [0.2, 0.25) is 0 Å². The summed E-state index contributed by atoms with van der Waals surface area (Å²) in [7, 11) is 0. The molecule has 0 saturated heterocycles. The molecule has 7 heteroatoms. The van der Waals surface area contributed by atoms with Crippen LogP contribution in [0.5, 0.6) is 0 Å². The van der Waals surface area contributed by atoms with E-state index in [1.54, 1.807) is 24.3 Å². The van der Waals surface area contributed by atoms with Crippen molar-refractivity contribution in [2.75, 3.05) is 0 Å². The van der Waals surface area contributed by atoms with Crippen molar-refractivity contribution in [1.82, 2.24) is 15.1 Å². The summed E-state index contributed by atoms with van der Waals surface area (Å²) in [5.74, 6) is -0.751. The predicted molar refractivity (Wildman–Crippen MR) is 109 cm³/mol. The van der Waals surface area contributed by atoms with Gasteiger partial charge in [-0.25, -0.2) is 0 Å². The lowest BCUT2D eigenvalue weighted by atomic mass is 9.84. The van der Waals surface area contributed by atoms with Gasteiger partial charge in [-0.15, -0.1) is 0 Å². The Morgan fingerprint density at radius 3 is 2.52 bits per heavy atom. The van der Waals surface area contributed by atoms with E-state index in [0.717, 1.165) is 19.3 Å². The Morgan fingerprint density at radius 2 is 1.83 bits per heavy atom. The molecule has 29 heavy (non-hydrogen) atoms. The van der Waals surface area contributed by atoms with E-state index in [-0.39, 0.29) is 29.6 Å². The van der Waals surface area contributed by atoms with Crippen molar-refractivity contribution in [3.8, 4) is 5.69 Å². The molecule has 1 aromatic heterocycles. The Bertz CT molecular complexity index is 888. The van der Waals surface area contributed by atoms with Crippen molar-refractivity contribution >= 4 is 11.9 Å². The number of hydrogen-bond acceptors (Lipinski definition) is 4. The standard InChI is InChI=1S/C22H27N3O4/c26-20-13-12-19(24-25(20)18-9-5-2-6-10-18)22(29)23-17(11-14-21(27)28)15-16-7-3-1-4-8-16/h2,5-6,9-10,12-13,16-17H,1,3-4,7-8,11,14-15H2,(H,23,29)(H,27,28). The molecule has 1 aliphatic carbocycles. The number of nitrogens with zero attached hydrogens (tertiary/aromatic N) is 2. The summed E-state index contributed by atoms with van der Waals surface area (Å²) in [5, 5.41) is 16.2. The number of rotatable bonds is 8. The topological polar surface area (TPSA) is 101 Å². The third kappa shape index (κ3) is 6.01. The largest absolute Gasteiger partial charge is 0.481 e. The lowest BCUT2D eigenvalue weighted by Crippen LogP contribution is -2.38. The molecule has 1 atom stereocenters. The zero-order chi connectivity index (χ0) is 20.6. The summed E-state index contributed by atoms with van der Waals surface area (Å²) in [6, 6.07) is 11.4. The Hall–Kier alpha value is -2.96. The fourth-order valence-corrected chi connectivity index (χ4v) is 3.92. The fraction of sp³-hybridized carbons (Fsp3) is 0.455. The summed E-state index contributed by atoms with van der Waals surface area (Å²) in [6.45, 7) is 0. The summed E-state index contributed by atoms with van der Waals surface area (Å²) in [4.78, 5) is 36.0. The number of carbonyl (C=O) groups excluding carboxylic acids is 1. The molecule has 1 heterocycles. The van der Waals surface area contributed by atoms with Crippen LogP contribution in [0.25, 0.3) is 5.69 Å². The first-order chi connectivity index (χ1) is 14.0. The molecule has 0 aliphatic heterocycles. The van der Waals surface area contributed by atoms with Gasteiger partial charge in [0.1, 0.15) is 5.69 Å². The van der Waals surface area contributed by atoms with Crippen molar-refractivity contribution in [2.45, 2.75) is 57.4 Å². The molecule has 2 aromatic rings. The van der Waals surface area contributed by atoms with Crippen LogP contribution in [0.1, 0.15) is 61.9 Å². The van der Waals surface area contributed by atoms with Gasteiger partial charge in [0.25, 0.3) is 11.5 Å². The molecule has 3 rings (SSSR count). The highest BCUT2D eigenvalue weighted by Crippen LogP contribution is 2.28. The van der Waals surface area contributed by atoms with Gasteiger partial charge >= 0.3 is 5.97 Å². The van der Waals surface area contributed by atoms with Gasteiger partial charge < -0.3 is 10.4 Å². The van der Waals surface area contributed by atoms with E-state index < -0.39 is 5.97 Å². The molecule has 0 spiro atoms. The minimum absolute atomic E-state index is 0.00854. The monoisotopic (exact) mass is 397 g/mol. The van der Waals surface area contributed by atoms with Crippen LogP contribution in [0, 0.1) is 5.92 Å². The smallest absolute Gasteiger partial charge is 0.303 e. The number of benzene rings is 1. The molecule has 1 aliphatic rings. The van der Waals surface area contributed by atoms with Crippen LogP contribution in [0.15, 0.2) is 47.3 Å². The van der Waals surface area contributed by atoms with E-state index in [2.05, 4.69) is 10.4 Å². The molecular weight excluding hydrogens is 370 g/mol. The van der Waals surface area contributed by atoms with Crippen LogP contribution in [0.3, 0.4) is 0 Å². The zero-order valence-electron chi connectivity index (χ0n) is 16.4. The van der Waals surface area contributed by atoms with Gasteiger partial charge in [0.15, 0.2) is 0 Å². The van der Waals surface area contributed by atoms with E-state index in [0.29, 0.717) is 18.0 Å². The number of amides is 1. The second-order valence-electron chi connectivity index (χ2n) is 7.65. The van der Waals surface area contributed by atoms with Gasteiger partial charge in [-0.3, -0.25) is 14.4 Å². The summed E-state index contributed by atoms with van der Waals surface area (Å²) < 4.78 is 1.20. The minimum Gasteiger partial charge on any atom is -0.481 e. The van der Waals surface area contributed by atoms with Crippen LogP contribution in [0.4, 0.5) is 0 Å². The number of nitrogens with one attached hydrogen (secondary N) is 1. The molecule has 1 amide bonds. The van der Waals surface area contributed by atoms with Crippen molar-refractivity contribution < 1.29 is 14.7 Å². The van der Waals surface area contributed by atoms with Crippen molar-refractivity contribution in [1.29, 1.82) is 0 Å². The number of carboxylic acids is 1. The van der Waals surface area contributed by atoms with Gasteiger partial charge in [0, 0.05) is 18.5 Å². The van der Waals surface area contributed by atoms with Crippen LogP contribution in [-0.4, -0.2) is 32.8 Å². The van der Waals surface area contributed by atoms with Crippen LogP contribution in [0.2, 0.25) is 0 Å². The molecule has 0 radical (unpaired) electrons. The number of para-hydroxylation sites is 1. The second kappa shape index (κ2) is 10.0. The van der Waals surface area contributed by atoms with E-state index in [9.17, 15) is 14.4 Å². The van der Waals surface area contributed by atoms with Gasteiger partial charge in [0.05, 0.1) is 5.69 Å². The molecule has 1 saturated carbocycles. The average molecular weight is 397 g/mol. The molecule has 0 bridgehead atoms. The predicted octanol–water partition coefficient (Wildman–Crippen LogP) is 3.17. The number of aromatic nitrogens is 2. The summed E-state index contributed by atoms with van der Waals surface area (Å²) in [5.41, 5.74) is 0.395. The van der Waals surface area contributed by atoms with Crippen molar-refractivity contribution in [2.24, 2.45) is 5.92 Å². The lowest BCUT2D eigenvalue weighted by Gasteiger charge is -2.27. The van der Waals surface area contributed by atoms with E-state index in [1.807, 2.05) is 6.07 Å². The number of carbonyl (C=O) groups is 2. The summed E-state index contributed by atoms with van der Waals surface area (Å²) in [6.07, 6.45) is 7.03. The quantitative estimate of drug-likeness (QED) is 0.712. The Balaban J connectivity index is 1.74. The molecular formula is C22H27N3O4. The zero-order valence-corrected chi connectivity index (χ0v) is 16.4. The highest BCUT2D eigenvalue weighted by molar-refractivity contribution is 5.92. The van der Waals surface area contributed by atoms with Gasteiger partial charge in [-0.1, -0.05) is 50.3 Å².